The minimum absolute atomic E-state index is 0.00689. The van der Waals surface area contributed by atoms with Crippen LogP contribution in [-0.4, -0.2) is 41.3 Å². The molecule has 1 aliphatic rings. The van der Waals surface area contributed by atoms with Gasteiger partial charge in [-0.25, -0.2) is 21.2 Å². The quantitative estimate of drug-likeness (QED) is 0.742. The number of hydrogen-bond donors (Lipinski definition) is 1. The smallest absolute Gasteiger partial charge is 0.262 e. The highest BCUT2D eigenvalue weighted by Gasteiger charge is 2.27. The van der Waals surface area contributed by atoms with Crippen molar-refractivity contribution in [2.45, 2.75) is 36.0 Å². The molecule has 0 radical (unpaired) electrons. The van der Waals surface area contributed by atoms with Crippen LogP contribution in [0, 0.1) is 12.7 Å². The van der Waals surface area contributed by atoms with Gasteiger partial charge >= 0.3 is 0 Å². The fourth-order valence-electron chi connectivity index (χ4n) is 3.17. The Hall–Kier alpha value is -2.17. The zero-order valence-corrected chi connectivity index (χ0v) is 17.8. The van der Waals surface area contributed by atoms with Crippen LogP contribution in [0.5, 0.6) is 5.75 Å². The van der Waals surface area contributed by atoms with E-state index in [1.807, 2.05) is 0 Å². The molecule has 1 N–H and O–H groups in total. The Morgan fingerprint density at radius 1 is 0.966 bits per heavy atom. The summed E-state index contributed by atoms with van der Waals surface area (Å²) in [5, 5.41) is 0. The predicted molar refractivity (Wildman–Crippen MR) is 108 cm³/mol. The van der Waals surface area contributed by atoms with Crippen LogP contribution in [0.15, 0.2) is 46.2 Å². The van der Waals surface area contributed by atoms with Gasteiger partial charge in [0.1, 0.15) is 11.6 Å². The van der Waals surface area contributed by atoms with Crippen LogP contribution in [-0.2, 0) is 20.0 Å². The van der Waals surface area contributed by atoms with Crippen LogP contribution < -0.4 is 9.46 Å². The second-order valence-corrected chi connectivity index (χ2v) is 10.5. The highest BCUT2D eigenvalue weighted by molar-refractivity contribution is 7.92. The number of nitrogens with zero attached hydrogens (tertiary/aromatic N) is 1. The topological polar surface area (TPSA) is 92.8 Å². The van der Waals surface area contributed by atoms with Gasteiger partial charge in [-0.3, -0.25) is 4.72 Å². The first-order chi connectivity index (χ1) is 13.6. The summed E-state index contributed by atoms with van der Waals surface area (Å²) in [6.07, 6.45) is 2.56. The Bertz CT molecular complexity index is 1110. The molecule has 2 aromatic carbocycles. The molecule has 0 spiro atoms. The summed E-state index contributed by atoms with van der Waals surface area (Å²) in [7, 11) is -6.47. The number of nitrogens with one attached hydrogen (secondary N) is 1. The van der Waals surface area contributed by atoms with Gasteiger partial charge in [-0.05, 0) is 61.7 Å². The summed E-state index contributed by atoms with van der Waals surface area (Å²) in [6, 6.07) is 7.46. The molecule has 0 bridgehead atoms. The summed E-state index contributed by atoms with van der Waals surface area (Å²) in [5.74, 6) is -0.346. The van der Waals surface area contributed by atoms with Crippen molar-refractivity contribution in [3.63, 3.8) is 0 Å². The number of sulfonamides is 2. The summed E-state index contributed by atoms with van der Waals surface area (Å²) in [4.78, 5) is -0.157. The van der Waals surface area contributed by atoms with Crippen molar-refractivity contribution in [1.82, 2.24) is 4.31 Å². The summed E-state index contributed by atoms with van der Waals surface area (Å²) in [5.41, 5.74) is 0.175. The zero-order valence-electron chi connectivity index (χ0n) is 16.2. The molecule has 0 amide bonds. The monoisotopic (exact) mass is 442 g/mol. The summed E-state index contributed by atoms with van der Waals surface area (Å²) >= 11 is 0. The molecule has 1 fully saturated rings. The lowest BCUT2D eigenvalue weighted by Crippen LogP contribution is -2.35. The van der Waals surface area contributed by atoms with Crippen molar-refractivity contribution in [1.29, 1.82) is 0 Å². The number of halogens is 1. The van der Waals surface area contributed by atoms with Gasteiger partial charge in [0.25, 0.3) is 10.0 Å². The average Bonchev–Trinajstić information content (AvgIpc) is 2.70. The molecule has 0 aliphatic carbocycles. The fraction of sp³-hybridized carbons (Fsp3) is 0.368. The molecule has 7 nitrogen and oxygen atoms in total. The number of aryl methyl sites for hydroxylation is 1. The number of ether oxygens (including phenoxy) is 1. The molecule has 0 atom stereocenters. The largest absolute Gasteiger partial charge is 0.495 e. The van der Waals surface area contributed by atoms with Gasteiger partial charge in [-0.1, -0.05) is 6.42 Å². The van der Waals surface area contributed by atoms with Crippen molar-refractivity contribution < 1.29 is 26.0 Å². The van der Waals surface area contributed by atoms with E-state index in [1.165, 1.54) is 42.6 Å². The second-order valence-electron chi connectivity index (χ2n) is 6.84. The van der Waals surface area contributed by atoms with Crippen LogP contribution >= 0.6 is 0 Å². The van der Waals surface area contributed by atoms with Crippen LogP contribution in [0.25, 0.3) is 0 Å². The normalized spacial score (nSPS) is 15.8. The Labute approximate surface area is 170 Å². The van der Waals surface area contributed by atoms with E-state index >= 15 is 0 Å². The zero-order chi connectivity index (χ0) is 21.2. The molecule has 0 saturated carbocycles. The Morgan fingerprint density at radius 2 is 1.62 bits per heavy atom. The molecule has 1 saturated heterocycles. The van der Waals surface area contributed by atoms with Crippen LogP contribution in [0.3, 0.4) is 0 Å². The summed E-state index contributed by atoms with van der Waals surface area (Å²) in [6.45, 7) is 2.33. The van der Waals surface area contributed by atoms with Gasteiger partial charge in [-0.15, -0.1) is 0 Å². The first-order valence-corrected chi connectivity index (χ1v) is 12.0. The number of anilines is 1. The molecular weight excluding hydrogens is 419 g/mol. The Kier molecular flexibility index (Phi) is 6.16. The third-order valence-corrected chi connectivity index (χ3v) is 8.07. The molecule has 1 aliphatic heterocycles. The van der Waals surface area contributed by atoms with E-state index in [4.69, 9.17) is 4.74 Å². The lowest BCUT2D eigenvalue weighted by atomic mass is 10.2. The van der Waals surface area contributed by atoms with E-state index in [0.717, 1.165) is 31.4 Å². The SMILES string of the molecule is COc1ccc(S(=O)(=O)N2CCCCC2)cc1NS(=O)(=O)c1ccc(F)c(C)c1. The summed E-state index contributed by atoms with van der Waals surface area (Å²) < 4.78 is 73.8. The fourth-order valence-corrected chi connectivity index (χ4v) is 5.86. The maximum Gasteiger partial charge on any atom is 0.262 e. The number of benzene rings is 2. The van der Waals surface area contributed by atoms with E-state index in [2.05, 4.69) is 4.72 Å². The molecule has 2 aromatic rings. The average molecular weight is 443 g/mol. The van der Waals surface area contributed by atoms with Crippen molar-refractivity contribution >= 4 is 25.7 Å². The molecule has 158 valence electrons. The molecule has 0 aromatic heterocycles. The molecule has 29 heavy (non-hydrogen) atoms. The van der Waals surface area contributed by atoms with Crippen molar-refractivity contribution in [3.05, 3.63) is 47.8 Å². The third kappa shape index (κ3) is 4.54. The number of rotatable bonds is 6. The van der Waals surface area contributed by atoms with Crippen LogP contribution in [0.1, 0.15) is 24.8 Å². The first-order valence-electron chi connectivity index (χ1n) is 9.12. The standard InChI is InChI=1S/C19H23FN2O5S2/c1-14-12-15(6-8-17(14)20)28(23,24)21-18-13-16(7-9-19(18)27-2)29(25,26)22-10-4-3-5-11-22/h6-9,12-13,21H,3-5,10-11H2,1-2H3. The van der Waals surface area contributed by atoms with E-state index in [1.54, 1.807) is 0 Å². The van der Waals surface area contributed by atoms with E-state index in [9.17, 15) is 21.2 Å². The molecule has 3 rings (SSSR count). The predicted octanol–water partition coefficient (Wildman–Crippen LogP) is 3.12. The van der Waals surface area contributed by atoms with Crippen LogP contribution in [0.4, 0.5) is 10.1 Å². The van der Waals surface area contributed by atoms with E-state index < -0.39 is 25.9 Å². The molecular formula is C19H23FN2O5S2. The molecule has 0 unspecified atom stereocenters. The number of hydrogen-bond acceptors (Lipinski definition) is 5. The van der Waals surface area contributed by atoms with Crippen LogP contribution in [0.2, 0.25) is 0 Å². The highest BCUT2D eigenvalue weighted by atomic mass is 32.2. The van der Waals surface area contributed by atoms with Gasteiger partial charge in [-0.2, -0.15) is 4.31 Å². The number of piperidine rings is 1. The lowest BCUT2D eigenvalue weighted by Gasteiger charge is -2.26. The van der Waals surface area contributed by atoms with Gasteiger partial charge in [0, 0.05) is 13.1 Å². The maximum absolute atomic E-state index is 13.5. The van der Waals surface area contributed by atoms with Gasteiger partial charge in [0.2, 0.25) is 10.0 Å². The van der Waals surface area contributed by atoms with E-state index in [-0.39, 0.29) is 26.8 Å². The van der Waals surface area contributed by atoms with Gasteiger partial charge < -0.3 is 4.74 Å². The molecule has 1 heterocycles. The maximum atomic E-state index is 13.5. The minimum Gasteiger partial charge on any atom is -0.495 e. The third-order valence-electron chi connectivity index (χ3n) is 4.81. The highest BCUT2D eigenvalue weighted by Crippen LogP contribution is 2.31. The van der Waals surface area contributed by atoms with Gasteiger partial charge in [0.15, 0.2) is 0 Å². The lowest BCUT2D eigenvalue weighted by molar-refractivity contribution is 0.346. The van der Waals surface area contributed by atoms with E-state index in [0.29, 0.717) is 13.1 Å². The molecule has 10 heteroatoms. The van der Waals surface area contributed by atoms with Crippen molar-refractivity contribution in [3.8, 4) is 5.75 Å². The Balaban J connectivity index is 1.98. The first kappa shape index (κ1) is 21.5. The minimum atomic E-state index is -4.08. The number of methoxy groups -OCH3 is 1. The Morgan fingerprint density at radius 3 is 2.24 bits per heavy atom. The van der Waals surface area contributed by atoms with Gasteiger partial charge in [0.05, 0.1) is 22.6 Å². The van der Waals surface area contributed by atoms with Crippen molar-refractivity contribution in [2.75, 3.05) is 24.9 Å². The second kappa shape index (κ2) is 8.29. The van der Waals surface area contributed by atoms with Crippen molar-refractivity contribution in [2.24, 2.45) is 0 Å².